The first-order valence-electron chi connectivity index (χ1n) is 5.46. The zero-order chi connectivity index (χ0) is 12.4. The number of thiophene rings is 1. The maximum atomic E-state index is 10.9. The van der Waals surface area contributed by atoms with Gasteiger partial charge >= 0.3 is 5.97 Å². The quantitative estimate of drug-likeness (QED) is 0.891. The zero-order valence-electron chi connectivity index (χ0n) is 9.81. The fourth-order valence-electron chi connectivity index (χ4n) is 1.59. The van der Waals surface area contributed by atoms with Crippen molar-refractivity contribution >= 4 is 17.3 Å². The molecule has 0 fully saturated rings. The van der Waals surface area contributed by atoms with Gasteiger partial charge in [-0.05, 0) is 36.4 Å². The van der Waals surface area contributed by atoms with Crippen molar-refractivity contribution in [2.24, 2.45) is 0 Å². The van der Waals surface area contributed by atoms with Crippen LogP contribution in [0.3, 0.4) is 0 Å². The molecule has 1 aromatic carbocycles. The van der Waals surface area contributed by atoms with Crippen LogP contribution >= 0.6 is 11.3 Å². The first kappa shape index (κ1) is 11.9. The molecule has 0 saturated carbocycles. The molecule has 0 bridgehead atoms. The molecule has 0 saturated heterocycles. The molecule has 2 rings (SSSR count). The van der Waals surface area contributed by atoms with Crippen molar-refractivity contribution < 1.29 is 9.90 Å². The Hall–Kier alpha value is -1.61. The van der Waals surface area contributed by atoms with E-state index >= 15 is 0 Å². The maximum absolute atomic E-state index is 10.9. The van der Waals surface area contributed by atoms with Gasteiger partial charge in [-0.2, -0.15) is 0 Å². The molecule has 17 heavy (non-hydrogen) atoms. The predicted octanol–water partition coefficient (Wildman–Crippen LogP) is 3.91. The minimum atomic E-state index is -0.779. The van der Waals surface area contributed by atoms with Crippen LogP contribution in [0.15, 0.2) is 35.7 Å². The molecule has 0 spiro atoms. The Bertz CT molecular complexity index is 525. The van der Waals surface area contributed by atoms with Gasteiger partial charge in [-0.15, -0.1) is 11.3 Å². The molecule has 3 heteroatoms. The van der Waals surface area contributed by atoms with Crippen LogP contribution in [0, 0.1) is 6.92 Å². The van der Waals surface area contributed by atoms with Gasteiger partial charge in [0, 0.05) is 4.88 Å². The third kappa shape index (κ3) is 2.56. The lowest BCUT2D eigenvalue weighted by molar-refractivity contribution is -0.138. The van der Waals surface area contributed by atoms with E-state index in [0.717, 1.165) is 16.0 Å². The second-order valence-corrected chi connectivity index (χ2v) is 5.08. The molecule has 0 aliphatic heterocycles. The van der Waals surface area contributed by atoms with E-state index in [0.29, 0.717) is 0 Å². The normalized spacial score (nSPS) is 12.4. The average molecular weight is 246 g/mol. The van der Waals surface area contributed by atoms with Crippen LogP contribution in [-0.4, -0.2) is 11.1 Å². The highest BCUT2D eigenvalue weighted by atomic mass is 32.1. The Morgan fingerprint density at radius 2 is 1.94 bits per heavy atom. The van der Waals surface area contributed by atoms with E-state index in [9.17, 15) is 4.79 Å². The smallest absolute Gasteiger partial charge is 0.310 e. The summed E-state index contributed by atoms with van der Waals surface area (Å²) in [6, 6.07) is 10.2. The van der Waals surface area contributed by atoms with Crippen molar-refractivity contribution in [2.75, 3.05) is 0 Å². The molecule has 1 heterocycles. The number of rotatable bonds is 3. The Labute approximate surface area is 105 Å². The molecule has 2 aromatic rings. The highest BCUT2D eigenvalue weighted by Gasteiger charge is 2.15. The van der Waals surface area contributed by atoms with Crippen LogP contribution < -0.4 is 0 Å². The summed E-state index contributed by atoms with van der Waals surface area (Å²) in [5.41, 5.74) is 3.24. The molecule has 1 N–H and O–H groups in total. The largest absolute Gasteiger partial charge is 0.481 e. The maximum Gasteiger partial charge on any atom is 0.310 e. The van der Waals surface area contributed by atoms with E-state index in [2.05, 4.69) is 31.2 Å². The van der Waals surface area contributed by atoms with Gasteiger partial charge in [-0.25, -0.2) is 0 Å². The van der Waals surface area contributed by atoms with Crippen LogP contribution in [0.5, 0.6) is 0 Å². The van der Waals surface area contributed by atoms with E-state index in [1.807, 2.05) is 11.4 Å². The highest BCUT2D eigenvalue weighted by Crippen LogP contribution is 2.30. The molecular weight excluding hydrogens is 232 g/mol. The fraction of sp³-hybridized carbons (Fsp3) is 0.214. The molecule has 1 unspecified atom stereocenters. The number of carboxylic acid groups (broad SMARTS) is 1. The molecule has 0 radical (unpaired) electrons. The van der Waals surface area contributed by atoms with E-state index in [1.165, 1.54) is 5.56 Å². The standard InChI is InChI=1S/C14H14O2S/c1-9-3-5-11(6-4-9)13-7-12(8-17-13)10(2)14(15)16/h3-8,10H,1-2H3,(H,15,16). The van der Waals surface area contributed by atoms with Gasteiger partial charge < -0.3 is 5.11 Å². The molecule has 0 aliphatic rings. The number of aliphatic carboxylic acids is 1. The van der Waals surface area contributed by atoms with E-state index in [-0.39, 0.29) is 0 Å². The Morgan fingerprint density at radius 3 is 2.53 bits per heavy atom. The molecule has 88 valence electrons. The first-order valence-corrected chi connectivity index (χ1v) is 6.34. The van der Waals surface area contributed by atoms with E-state index in [4.69, 9.17) is 5.11 Å². The minimum Gasteiger partial charge on any atom is -0.481 e. The second-order valence-electron chi connectivity index (χ2n) is 4.17. The number of carboxylic acids is 1. The van der Waals surface area contributed by atoms with Crippen molar-refractivity contribution in [1.29, 1.82) is 0 Å². The van der Waals surface area contributed by atoms with Crippen LogP contribution in [-0.2, 0) is 4.79 Å². The summed E-state index contributed by atoms with van der Waals surface area (Å²) >= 11 is 1.59. The topological polar surface area (TPSA) is 37.3 Å². The molecule has 1 atom stereocenters. The lowest BCUT2D eigenvalue weighted by Gasteiger charge is -2.01. The van der Waals surface area contributed by atoms with Crippen molar-refractivity contribution in [2.45, 2.75) is 19.8 Å². The monoisotopic (exact) mass is 246 g/mol. The Kier molecular flexibility index (Phi) is 3.29. The molecule has 1 aromatic heterocycles. The van der Waals surface area contributed by atoms with Crippen molar-refractivity contribution in [3.8, 4) is 10.4 Å². The molecular formula is C14H14O2S. The highest BCUT2D eigenvalue weighted by molar-refractivity contribution is 7.13. The Balaban J connectivity index is 2.29. The van der Waals surface area contributed by atoms with Gasteiger partial charge in [-0.1, -0.05) is 29.8 Å². The fourth-order valence-corrected chi connectivity index (χ4v) is 2.60. The number of aryl methyl sites for hydroxylation is 1. The van der Waals surface area contributed by atoms with E-state index < -0.39 is 11.9 Å². The summed E-state index contributed by atoms with van der Waals surface area (Å²) in [5, 5.41) is 10.9. The summed E-state index contributed by atoms with van der Waals surface area (Å²) in [7, 11) is 0. The first-order chi connectivity index (χ1) is 8.08. The number of benzene rings is 1. The van der Waals surface area contributed by atoms with Crippen LogP contribution in [0.1, 0.15) is 24.0 Å². The van der Waals surface area contributed by atoms with Gasteiger partial charge in [-0.3, -0.25) is 4.79 Å². The zero-order valence-corrected chi connectivity index (χ0v) is 10.6. The SMILES string of the molecule is Cc1ccc(-c2cc(C(C)C(=O)O)cs2)cc1. The third-order valence-electron chi connectivity index (χ3n) is 2.83. The summed E-state index contributed by atoms with van der Waals surface area (Å²) in [6.07, 6.45) is 0. The van der Waals surface area contributed by atoms with Crippen molar-refractivity contribution in [1.82, 2.24) is 0 Å². The van der Waals surface area contributed by atoms with Crippen LogP contribution in [0.25, 0.3) is 10.4 Å². The second kappa shape index (κ2) is 4.72. The van der Waals surface area contributed by atoms with Gasteiger partial charge in [0.25, 0.3) is 0 Å². The van der Waals surface area contributed by atoms with Crippen LogP contribution in [0.2, 0.25) is 0 Å². The predicted molar refractivity (Wildman–Crippen MR) is 70.5 cm³/mol. The number of carbonyl (C=O) groups is 1. The summed E-state index contributed by atoms with van der Waals surface area (Å²) < 4.78 is 0. The minimum absolute atomic E-state index is 0.439. The van der Waals surface area contributed by atoms with Crippen molar-refractivity contribution in [3.05, 3.63) is 46.8 Å². The van der Waals surface area contributed by atoms with Gasteiger partial charge in [0.05, 0.1) is 5.92 Å². The number of hydrogen-bond donors (Lipinski definition) is 1. The summed E-state index contributed by atoms with van der Waals surface area (Å²) in [5.74, 6) is -1.22. The van der Waals surface area contributed by atoms with Gasteiger partial charge in [0.15, 0.2) is 0 Å². The molecule has 0 amide bonds. The third-order valence-corrected chi connectivity index (χ3v) is 3.82. The summed E-state index contributed by atoms with van der Waals surface area (Å²) in [4.78, 5) is 12.0. The average Bonchev–Trinajstić information content (AvgIpc) is 2.78. The molecule has 0 aliphatic carbocycles. The van der Waals surface area contributed by atoms with Gasteiger partial charge in [0.1, 0.15) is 0 Å². The lowest BCUT2D eigenvalue weighted by Crippen LogP contribution is -2.05. The van der Waals surface area contributed by atoms with Crippen molar-refractivity contribution in [3.63, 3.8) is 0 Å². The van der Waals surface area contributed by atoms with E-state index in [1.54, 1.807) is 18.3 Å². The molecule has 2 nitrogen and oxygen atoms in total. The number of hydrogen-bond acceptors (Lipinski definition) is 2. The van der Waals surface area contributed by atoms with Crippen LogP contribution in [0.4, 0.5) is 0 Å². The van der Waals surface area contributed by atoms with Gasteiger partial charge in [0.2, 0.25) is 0 Å². The summed E-state index contributed by atoms with van der Waals surface area (Å²) in [6.45, 7) is 3.76. The Morgan fingerprint density at radius 1 is 1.29 bits per heavy atom. The lowest BCUT2D eigenvalue weighted by atomic mass is 10.0.